The molecule has 190 valence electrons. The SMILES string of the molecule is CNc1ccc(-c2ncc(-c3ccc(NC(C)=O)cc3SNC(Cc3ccccc3)C(=O)OC)s2)cc1. The summed E-state index contributed by atoms with van der Waals surface area (Å²) in [6.07, 6.45) is 2.33. The number of nitrogens with one attached hydrogen (secondary N) is 3. The minimum absolute atomic E-state index is 0.154. The number of aromatic nitrogens is 1. The Bertz CT molecular complexity index is 1360. The molecule has 4 aromatic rings. The Balaban J connectivity index is 1.61. The molecule has 9 heteroatoms. The molecule has 0 fully saturated rings. The number of rotatable bonds is 10. The van der Waals surface area contributed by atoms with Crippen LogP contribution in [0.25, 0.3) is 21.0 Å². The van der Waals surface area contributed by atoms with Crippen LogP contribution >= 0.6 is 23.3 Å². The average molecular weight is 533 g/mol. The van der Waals surface area contributed by atoms with E-state index < -0.39 is 6.04 Å². The van der Waals surface area contributed by atoms with Gasteiger partial charge in [-0.05, 0) is 60.3 Å². The molecule has 37 heavy (non-hydrogen) atoms. The standard InChI is InChI=1S/C28H28N4O3S2/c1-18(33)31-22-13-14-23(26-17-30-27(36-26)20-9-11-21(29-2)12-10-20)25(16-22)37-32-24(28(34)35-3)15-19-7-5-4-6-8-19/h4-14,16-17,24,29,32H,15H2,1-3H3,(H,31,33). The van der Waals surface area contributed by atoms with Crippen molar-refractivity contribution in [2.24, 2.45) is 0 Å². The molecule has 0 bridgehead atoms. The van der Waals surface area contributed by atoms with Crippen molar-refractivity contribution in [2.75, 3.05) is 24.8 Å². The van der Waals surface area contributed by atoms with Crippen LogP contribution in [0.2, 0.25) is 0 Å². The second-order valence-electron chi connectivity index (χ2n) is 8.23. The summed E-state index contributed by atoms with van der Waals surface area (Å²) in [5, 5.41) is 6.87. The van der Waals surface area contributed by atoms with Gasteiger partial charge in [-0.2, -0.15) is 0 Å². The first-order valence-corrected chi connectivity index (χ1v) is 13.3. The van der Waals surface area contributed by atoms with Gasteiger partial charge < -0.3 is 15.4 Å². The van der Waals surface area contributed by atoms with Crippen molar-refractivity contribution >= 4 is 46.5 Å². The minimum Gasteiger partial charge on any atom is -0.468 e. The van der Waals surface area contributed by atoms with E-state index in [2.05, 4.69) is 20.3 Å². The summed E-state index contributed by atoms with van der Waals surface area (Å²) < 4.78 is 8.33. The number of anilines is 2. The Labute approximate surface area is 224 Å². The predicted octanol–water partition coefficient (Wildman–Crippen LogP) is 5.86. The quantitative estimate of drug-likeness (QED) is 0.174. The largest absolute Gasteiger partial charge is 0.468 e. The molecule has 0 saturated heterocycles. The molecule has 0 aliphatic heterocycles. The van der Waals surface area contributed by atoms with Crippen molar-refractivity contribution in [2.45, 2.75) is 24.3 Å². The third kappa shape index (κ3) is 6.97. The number of hydrogen-bond donors (Lipinski definition) is 3. The number of carbonyl (C=O) groups excluding carboxylic acids is 2. The van der Waals surface area contributed by atoms with Gasteiger partial charge in [-0.15, -0.1) is 11.3 Å². The highest BCUT2D eigenvalue weighted by Crippen LogP contribution is 2.38. The lowest BCUT2D eigenvalue weighted by molar-refractivity contribution is -0.142. The topological polar surface area (TPSA) is 92.4 Å². The second-order valence-corrected chi connectivity index (χ2v) is 10.1. The molecule has 3 N–H and O–H groups in total. The molecule has 1 heterocycles. The van der Waals surface area contributed by atoms with Crippen LogP contribution in [-0.4, -0.2) is 37.1 Å². The summed E-state index contributed by atoms with van der Waals surface area (Å²) in [6.45, 7) is 1.47. The minimum atomic E-state index is -0.558. The van der Waals surface area contributed by atoms with Crippen molar-refractivity contribution in [1.29, 1.82) is 0 Å². The molecule has 0 radical (unpaired) electrons. The van der Waals surface area contributed by atoms with E-state index in [0.29, 0.717) is 12.1 Å². The highest BCUT2D eigenvalue weighted by atomic mass is 32.2. The Morgan fingerprint density at radius 2 is 1.76 bits per heavy atom. The first kappa shape index (κ1) is 26.4. The number of carbonyl (C=O) groups is 2. The lowest BCUT2D eigenvalue weighted by Crippen LogP contribution is -2.35. The molecule has 1 aromatic heterocycles. The van der Waals surface area contributed by atoms with Gasteiger partial charge in [-0.3, -0.25) is 9.59 Å². The number of thiazole rings is 1. The van der Waals surface area contributed by atoms with Gasteiger partial charge in [0.2, 0.25) is 5.91 Å². The predicted molar refractivity (Wildman–Crippen MR) is 152 cm³/mol. The van der Waals surface area contributed by atoms with E-state index in [0.717, 1.165) is 37.2 Å². The van der Waals surface area contributed by atoms with Crippen LogP contribution in [0.4, 0.5) is 11.4 Å². The maximum absolute atomic E-state index is 12.5. The summed E-state index contributed by atoms with van der Waals surface area (Å²) >= 11 is 2.92. The van der Waals surface area contributed by atoms with Crippen LogP contribution in [0.5, 0.6) is 0 Å². The van der Waals surface area contributed by atoms with Crippen molar-refractivity contribution in [1.82, 2.24) is 9.71 Å². The molecule has 7 nitrogen and oxygen atoms in total. The second kappa shape index (κ2) is 12.5. The molecular weight excluding hydrogens is 504 g/mol. The monoisotopic (exact) mass is 532 g/mol. The summed E-state index contributed by atoms with van der Waals surface area (Å²) in [5.74, 6) is -0.501. The Morgan fingerprint density at radius 3 is 2.43 bits per heavy atom. The van der Waals surface area contributed by atoms with Crippen LogP contribution in [0.1, 0.15) is 12.5 Å². The van der Waals surface area contributed by atoms with Gasteiger partial charge >= 0.3 is 5.97 Å². The van der Waals surface area contributed by atoms with Gasteiger partial charge in [0.05, 0.1) is 12.0 Å². The van der Waals surface area contributed by atoms with Crippen LogP contribution in [0.15, 0.2) is 83.9 Å². The zero-order valence-corrected chi connectivity index (χ0v) is 22.4. The van der Waals surface area contributed by atoms with Gasteiger partial charge in [0.25, 0.3) is 0 Å². The number of esters is 1. The molecule has 0 aliphatic carbocycles. The van der Waals surface area contributed by atoms with Crippen molar-refractivity contribution in [3.05, 3.63) is 84.6 Å². The fraction of sp³-hybridized carbons (Fsp3) is 0.179. The molecule has 4 rings (SSSR count). The van der Waals surface area contributed by atoms with E-state index in [4.69, 9.17) is 4.74 Å². The number of benzene rings is 3. The maximum atomic E-state index is 12.5. The summed E-state index contributed by atoms with van der Waals surface area (Å²) in [6, 6.07) is 23.1. The highest BCUT2D eigenvalue weighted by molar-refractivity contribution is 7.97. The maximum Gasteiger partial charge on any atom is 0.324 e. The fourth-order valence-electron chi connectivity index (χ4n) is 3.70. The number of amides is 1. The average Bonchev–Trinajstić information content (AvgIpc) is 3.41. The van der Waals surface area contributed by atoms with E-state index in [1.165, 1.54) is 26.0 Å². The molecule has 1 amide bonds. The van der Waals surface area contributed by atoms with Crippen molar-refractivity contribution in [3.63, 3.8) is 0 Å². The molecule has 0 spiro atoms. The van der Waals surface area contributed by atoms with Crippen LogP contribution in [-0.2, 0) is 20.7 Å². The highest BCUT2D eigenvalue weighted by Gasteiger charge is 2.21. The molecule has 1 unspecified atom stereocenters. The zero-order chi connectivity index (χ0) is 26.2. The number of ether oxygens (including phenoxy) is 1. The third-order valence-electron chi connectivity index (χ3n) is 5.57. The first-order valence-electron chi connectivity index (χ1n) is 11.7. The van der Waals surface area contributed by atoms with Gasteiger partial charge in [0, 0.05) is 47.6 Å². The normalized spacial score (nSPS) is 11.5. The van der Waals surface area contributed by atoms with Crippen LogP contribution < -0.4 is 15.4 Å². The van der Waals surface area contributed by atoms with E-state index in [1.807, 2.05) is 86.0 Å². The van der Waals surface area contributed by atoms with E-state index in [1.54, 1.807) is 11.3 Å². The molecular formula is C28H28N4O3S2. The van der Waals surface area contributed by atoms with E-state index in [-0.39, 0.29) is 11.9 Å². The first-order chi connectivity index (χ1) is 18.0. The molecule has 3 aromatic carbocycles. The van der Waals surface area contributed by atoms with Crippen LogP contribution in [0.3, 0.4) is 0 Å². The lowest BCUT2D eigenvalue weighted by atomic mass is 10.1. The van der Waals surface area contributed by atoms with E-state index >= 15 is 0 Å². The molecule has 0 saturated carbocycles. The Hall–Kier alpha value is -3.66. The van der Waals surface area contributed by atoms with Gasteiger partial charge in [0.1, 0.15) is 11.0 Å². The number of nitrogens with zero attached hydrogens (tertiary/aromatic N) is 1. The van der Waals surface area contributed by atoms with Crippen LogP contribution in [0, 0.1) is 0 Å². The van der Waals surface area contributed by atoms with Crippen molar-refractivity contribution in [3.8, 4) is 21.0 Å². The number of hydrogen-bond acceptors (Lipinski definition) is 8. The summed E-state index contributed by atoms with van der Waals surface area (Å²) in [4.78, 5) is 30.7. The fourth-order valence-corrected chi connectivity index (χ4v) is 5.65. The van der Waals surface area contributed by atoms with Gasteiger partial charge in [-0.25, -0.2) is 9.71 Å². The Kier molecular flexibility index (Phi) is 8.95. The van der Waals surface area contributed by atoms with Gasteiger partial charge in [0.15, 0.2) is 0 Å². The number of methoxy groups -OCH3 is 1. The lowest BCUT2D eigenvalue weighted by Gasteiger charge is -2.17. The smallest absolute Gasteiger partial charge is 0.324 e. The van der Waals surface area contributed by atoms with E-state index in [9.17, 15) is 9.59 Å². The molecule has 1 atom stereocenters. The zero-order valence-electron chi connectivity index (χ0n) is 20.8. The summed E-state index contributed by atoms with van der Waals surface area (Å²) in [7, 11) is 3.27. The summed E-state index contributed by atoms with van der Waals surface area (Å²) in [5.41, 5.74) is 4.71. The third-order valence-corrected chi connectivity index (χ3v) is 7.61. The molecule has 0 aliphatic rings. The van der Waals surface area contributed by atoms with Crippen molar-refractivity contribution < 1.29 is 14.3 Å². The Morgan fingerprint density at radius 1 is 1.03 bits per heavy atom. The van der Waals surface area contributed by atoms with Gasteiger partial charge in [-0.1, -0.05) is 36.4 Å².